The summed E-state index contributed by atoms with van der Waals surface area (Å²) in [6.07, 6.45) is 4.54. The molecule has 2 fully saturated rings. The highest BCUT2D eigenvalue weighted by Crippen LogP contribution is 2.36. The van der Waals surface area contributed by atoms with E-state index in [0.717, 1.165) is 29.9 Å². The molecule has 33 heavy (non-hydrogen) atoms. The van der Waals surface area contributed by atoms with Crippen LogP contribution in [-0.2, 0) is 11.3 Å². The molecule has 2 heterocycles. The first kappa shape index (κ1) is 21.5. The largest absolute Gasteiger partial charge is 0.372 e. The highest BCUT2D eigenvalue weighted by Gasteiger charge is 2.33. The molecule has 0 atom stereocenters. The van der Waals surface area contributed by atoms with Gasteiger partial charge in [-0.25, -0.2) is 4.99 Å². The molecule has 0 N–H and O–H groups in total. The van der Waals surface area contributed by atoms with Crippen LogP contribution in [0.3, 0.4) is 0 Å². The number of anilines is 1. The van der Waals surface area contributed by atoms with E-state index in [1.807, 2.05) is 66.7 Å². The number of hydrogen-bond donors (Lipinski definition) is 0. The van der Waals surface area contributed by atoms with Crippen LogP contribution in [0.4, 0.5) is 11.4 Å². The van der Waals surface area contributed by atoms with Gasteiger partial charge in [0.2, 0.25) is 0 Å². The SMILES string of the molecule is Cc1cc(N2CCCC2)ccc1/C=C1\SC(=Nc2ccccc2)N(Cc2ccccc2)C1=O. The maximum absolute atomic E-state index is 13.4. The summed E-state index contributed by atoms with van der Waals surface area (Å²) in [5.74, 6) is 0.00144. The quantitative estimate of drug-likeness (QED) is 0.419. The Morgan fingerprint density at radius 1 is 0.939 bits per heavy atom. The van der Waals surface area contributed by atoms with Crippen LogP contribution in [0.5, 0.6) is 0 Å². The number of carbonyl (C=O) groups excluding carboxylic acids is 1. The number of amidine groups is 1. The van der Waals surface area contributed by atoms with Crippen LogP contribution in [0.2, 0.25) is 0 Å². The zero-order valence-electron chi connectivity index (χ0n) is 18.8. The van der Waals surface area contributed by atoms with Crippen molar-refractivity contribution in [2.75, 3.05) is 18.0 Å². The van der Waals surface area contributed by atoms with Crippen molar-refractivity contribution >= 4 is 40.3 Å². The maximum Gasteiger partial charge on any atom is 0.267 e. The molecule has 2 saturated heterocycles. The topological polar surface area (TPSA) is 35.9 Å². The maximum atomic E-state index is 13.4. The van der Waals surface area contributed by atoms with Gasteiger partial charge in [-0.15, -0.1) is 0 Å². The first-order valence-electron chi connectivity index (χ1n) is 11.4. The second-order valence-corrected chi connectivity index (χ2v) is 9.46. The summed E-state index contributed by atoms with van der Waals surface area (Å²) in [6.45, 7) is 4.88. The number of thioether (sulfide) groups is 1. The molecule has 5 rings (SSSR count). The molecule has 1 amide bonds. The number of aryl methyl sites for hydroxylation is 1. The average molecular weight is 454 g/mol. The lowest BCUT2D eigenvalue weighted by Gasteiger charge is -2.18. The summed E-state index contributed by atoms with van der Waals surface area (Å²) in [5.41, 5.74) is 5.46. The predicted octanol–water partition coefficient (Wildman–Crippen LogP) is 6.40. The van der Waals surface area contributed by atoms with E-state index in [4.69, 9.17) is 4.99 Å². The van der Waals surface area contributed by atoms with Crippen molar-refractivity contribution in [1.29, 1.82) is 0 Å². The van der Waals surface area contributed by atoms with Crippen molar-refractivity contribution < 1.29 is 4.79 Å². The van der Waals surface area contributed by atoms with E-state index in [9.17, 15) is 4.79 Å². The third-order valence-electron chi connectivity index (χ3n) is 6.06. The number of rotatable bonds is 5. The van der Waals surface area contributed by atoms with E-state index in [0.29, 0.717) is 16.6 Å². The lowest BCUT2D eigenvalue weighted by Crippen LogP contribution is -2.28. The molecule has 0 bridgehead atoms. The molecule has 0 spiro atoms. The first-order chi connectivity index (χ1) is 16.2. The van der Waals surface area contributed by atoms with Crippen molar-refractivity contribution in [3.05, 3.63) is 100 Å². The fourth-order valence-electron chi connectivity index (χ4n) is 4.24. The van der Waals surface area contributed by atoms with Crippen LogP contribution in [0.25, 0.3) is 6.08 Å². The first-order valence-corrected chi connectivity index (χ1v) is 12.2. The fourth-order valence-corrected chi connectivity index (χ4v) is 5.23. The van der Waals surface area contributed by atoms with E-state index in [2.05, 4.69) is 30.0 Å². The zero-order valence-corrected chi connectivity index (χ0v) is 19.6. The fraction of sp³-hybridized carbons (Fsp3) is 0.214. The van der Waals surface area contributed by atoms with Gasteiger partial charge in [-0.2, -0.15) is 0 Å². The Morgan fingerprint density at radius 3 is 2.33 bits per heavy atom. The smallest absolute Gasteiger partial charge is 0.267 e. The molecule has 5 heteroatoms. The van der Waals surface area contributed by atoms with Gasteiger partial charge in [0.1, 0.15) is 0 Å². The Bertz CT molecular complexity index is 1200. The van der Waals surface area contributed by atoms with Crippen LogP contribution in [0.15, 0.2) is 88.8 Å². The lowest BCUT2D eigenvalue weighted by molar-refractivity contribution is -0.122. The molecule has 3 aromatic carbocycles. The lowest BCUT2D eigenvalue weighted by atomic mass is 10.1. The Hall–Kier alpha value is -3.31. The van der Waals surface area contributed by atoms with E-state index >= 15 is 0 Å². The summed E-state index contributed by atoms with van der Waals surface area (Å²) >= 11 is 1.45. The minimum atomic E-state index is 0.00144. The minimum Gasteiger partial charge on any atom is -0.372 e. The normalized spacial score (nSPS) is 18.6. The molecule has 0 radical (unpaired) electrons. The van der Waals surface area contributed by atoms with Gasteiger partial charge in [0.15, 0.2) is 5.17 Å². The number of aliphatic imine (C=N–C) groups is 1. The number of para-hydroxylation sites is 1. The summed E-state index contributed by atoms with van der Waals surface area (Å²) in [5, 5.41) is 0.715. The van der Waals surface area contributed by atoms with Crippen LogP contribution >= 0.6 is 11.8 Å². The highest BCUT2D eigenvalue weighted by molar-refractivity contribution is 8.18. The molecule has 0 aromatic heterocycles. The number of benzene rings is 3. The number of amides is 1. The number of nitrogens with zero attached hydrogens (tertiary/aromatic N) is 3. The molecule has 4 nitrogen and oxygen atoms in total. The highest BCUT2D eigenvalue weighted by atomic mass is 32.2. The Morgan fingerprint density at radius 2 is 1.64 bits per heavy atom. The third-order valence-corrected chi connectivity index (χ3v) is 7.07. The van der Waals surface area contributed by atoms with Gasteiger partial charge in [0.05, 0.1) is 17.1 Å². The van der Waals surface area contributed by atoms with Gasteiger partial charge in [-0.1, -0.05) is 54.6 Å². The van der Waals surface area contributed by atoms with E-state index in [1.54, 1.807) is 4.90 Å². The Kier molecular flexibility index (Phi) is 6.31. The zero-order chi connectivity index (χ0) is 22.6. The van der Waals surface area contributed by atoms with Crippen LogP contribution in [-0.4, -0.2) is 29.1 Å². The standard InChI is InChI=1S/C28H27N3OS/c1-21-18-25(30-16-8-9-17-30)15-14-23(21)19-26-27(32)31(20-22-10-4-2-5-11-22)28(33-26)29-24-12-6-3-7-13-24/h2-7,10-15,18-19H,8-9,16-17,20H2,1H3/b26-19-,29-28?. The summed E-state index contributed by atoms with van der Waals surface area (Å²) in [7, 11) is 0. The van der Waals surface area contributed by atoms with Gasteiger partial charge in [-0.05, 0) is 78.6 Å². The molecular weight excluding hydrogens is 426 g/mol. The molecular formula is C28H27N3OS. The number of carbonyl (C=O) groups is 1. The summed E-state index contributed by atoms with van der Waals surface area (Å²) in [4.78, 5) is 23.2. The summed E-state index contributed by atoms with van der Waals surface area (Å²) < 4.78 is 0. The molecule has 0 aliphatic carbocycles. The van der Waals surface area contributed by atoms with Crippen LogP contribution in [0.1, 0.15) is 29.5 Å². The second kappa shape index (κ2) is 9.67. The minimum absolute atomic E-state index is 0.00144. The number of hydrogen-bond acceptors (Lipinski definition) is 4. The van der Waals surface area contributed by atoms with Crippen molar-refractivity contribution in [2.24, 2.45) is 4.99 Å². The molecule has 2 aliphatic rings. The van der Waals surface area contributed by atoms with Gasteiger partial charge >= 0.3 is 0 Å². The molecule has 166 valence electrons. The monoisotopic (exact) mass is 453 g/mol. The van der Waals surface area contributed by atoms with Gasteiger partial charge in [-0.3, -0.25) is 9.69 Å². The molecule has 0 saturated carbocycles. The van der Waals surface area contributed by atoms with Crippen LogP contribution < -0.4 is 4.90 Å². The second-order valence-electron chi connectivity index (χ2n) is 8.45. The molecule has 3 aromatic rings. The third kappa shape index (κ3) is 4.88. The average Bonchev–Trinajstić information content (AvgIpc) is 3.47. The Labute approximate surface area is 199 Å². The van der Waals surface area contributed by atoms with E-state index in [-0.39, 0.29) is 5.91 Å². The van der Waals surface area contributed by atoms with Crippen molar-refractivity contribution in [3.8, 4) is 0 Å². The predicted molar refractivity (Wildman–Crippen MR) is 139 cm³/mol. The van der Waals surface area contributed by atoms with Crippen LogP contribution in [0, 0.1) is 6.92 Å². The Balaban J connectivity index is 1.46. The van der Waals surface area contributed by atoms with Crippen molar-refractivity contribution in [3.63, 3.8) is 0 Å². The molecule has 0 unspecified atom stereocenters. The van der Waals surface area contributed by atoms with Crippen molar-refractivity contribution in [1.82, 2.24) is 4.90 Å². The van der Waals surface area contributed by atoms with Gasteiger partial charge < -0.3 is 4.90 Å². The van der Waals surface area contributed by atoms with Crippen molar-refractivity contribution in [2.45, 2.75) is 26.3 Å². The van der Waals surface area contributed by atoms with Gasteiger partial charge in [0, 0.05) is 18.8 Å². The van der Waals surface area contributed by atoms with E-state index in [1.165, 1.54) is 35.9 Å². The van der Waals surface area contributed by atoms with E-state index < -0.39 is 0 Å². The van der Waals surface area contributed by atoms with Gasteiger partial charge in [0.25, 0.3) is 5.91 Å². The summed E-state index contributed by atoms with van der Waals surface area (Å²) in [6, 6.07) is 26.4. The molecule has 2 aliphatic heterocycles.